The highest BCUT2D eigenvalue weighted by Crippen LogP contribution is 2.20. The van der Waals surface area contributed by atoms with E-state index in [9.17, 15) is 4.79 Å². The molecule has 0 saturated carbocycles. The molecule has 4 N–H and O–H groups in total. The van der Waals surface area contributed by atoms with Gasteiger partial charge in [-0.3, -0.25) is 4.98 Å². The van der Waals surface area contributed by atoms with Crippen molar-refractivity contribution >= 4 is 17.3 Å². The average molecular weight is 243 g/mol. The quantitative estimate of drug-likeness (QED) is 0.714. The van der Waals surface area contributed by atoms with Crippen LogP contribution < -0.4 is 11.1 Å². The fourth-order valence-corrected chi connectivity index (χ4v) is 1.54. The molecule has 0 atom stereocenters. The van der Waals surface area contributed by atoms with Crippen molar-refractivity contribution in [3.63, 3.8) is 0 Å². The lowest BCUT2D eigenvalue weighted by Gasteiger charge is -2.10. The molecular formula is C13H13N3O2. The van der Waals surface area contributed by atoms with E-state index in [-0.39, 0.29) is 5.56 Å². The molecule has 0 saturated heterocycles. The van der Waals surface area contributed by atoms with E-state index in [2.05, 4.69) is 10.3 Å². The summed E-state index contributed by atoms with van der Waals surface area (Å²) in [4.78, 5) is 14.8. The first kappa shape index (κ1) is 11.9. The van der Waals surface area contributed by atoms with E-state index < -0.39 is 5.97 Å². The van der Waals surface area contributed by atoms with Crippen molar-refractivity contribution in [2.45, 2.75) is 6.54 Å². The summed E-state index contributed by atoms with van der Waals surface area (Å²) < 4.78 is 0. The molecule has 0 amide bonds. The molecular weight excluding hydrogens is 230 g/mol. The zero-order valence-electron chi connectivity index (χ0n) is 9.63. The summed E-state index contributed by atoms with van der Waals surface area (Å²) in [6, 6.07) is 8.35. The molecule has 0 bridgehead atoms. The van der Waals surface area contributed by atoms with E-state index in [4.69, 9.17) is 10.8 Å². The van der Waals surface area contributed by atoms with Crippen LogP contribution in [0.15, 0.2) is 42.7 Å². The monoisotopic (exact) mass is 243 g/mol. The molecule has 5 nitrogen and oxygen atoms in total. The summed E-state index contributed by atoms with van der Waals surface area (Å²) in [5.74, 6) is -0.970. The zero-order valence-corrected chi connectivity index (χ0v) is 9.63. The van der Waals surface area contributed by atoms with E-state index in [1.165, 1.54) is 12.1 Å². The van der Waals surface area contributed by atoms with Gasteiger partial charge in [0.05, 0.1) is 16.9 Å². The first-order valence-electron chi connectivity index (χ1n) is 5.42. The van der Waals surface area contributed by atoms with E-state index in [0.717, 1.165) is 5.56 Å². The Morgan fingerprint density at radius 3 is 2.67 bits per heavy atom. The van der Waals surface area contributed by atoms with Crippen LogP contribution in [0.2, 0.25) is 0 Å². The highest BCUT2D eigenvalue weighted by Gasteiger charge is 2.06. The summed E-state index contributed by atoms with van der Waals surface area (Å²) >= 11 is 0. The van der Waals surface area contributed by atoms with Gasteiger partial charge in [-0.05, 0) is 35.9 Å². The second-order valence-corrected chi connectivity index (χ2v) is 3.82. The molecule has 0 spiro atoms. The third-order valence-corrected chi connectivity index (χ3v) is 2.53. The lowest BCUT2D eigenvalue weighted by Crippen LogP contribution is -2.05. The second kappa shape index (κ2) is 5.18. The predicted molar refractivity (Wildman–Crippen MR) is 69.4 cm³/mol. The Hall–Kier alpha value is -2.56. The third kappa shape index (κ3) is 2.76. The van der Waals surface area contributed by atoms with Crippen LogP contribution in [0.1, 0.15) is 15.9 Å². The maximum absolute atomic E-state index is 10.9. The molecule has 0 unspecified atom stereocenters. The number of nitrogens with zero attached hydrogens (tertiary/aromatic N) is 1. The molecule has 5 heteroatoms. The van der Waals surface area contributed by atoms with Crippen molar-refractivity contribution in [1.82, 2.24) is 4.98 Å². The Kier molecular flexibility index (Phi) is 3.43. The molecule has 0 aliphatic rings. The molecule has 0 aliphatic carbocycles. The lowest BCUT2D eigenvalue weighted by atomic mass is 10.1. The average Bonchev–Trinajstić information content (AvgIpc) is 2.38. The number of hydrogen-bond donors (Lipinski definition) is 3. The van der Waals surface area contributed by atoms with Crippen LogP contribution in [0.25, 0.3) is 0 Å². The van der Waals surface area contributed by atoms with Crippen molar-refractivity contribution in [2.24, 2.45) is 0 Å². The topological polar surface area (TPSA) is 88.2 Å². The van der Waals surface area contributed by atoms with Crippen molar-refractivity contribution in [3.8, 4) is 0 Å². The molecule has 1 aromatic heterocycles. The van der Waals surface area contributed by atoms with Crippen LogP contribution in [0, 0.1) is 0 Å². The van der Waals surface area contributed by atoms with Gasteiger partial charge < -0.3 is 16.2 Å². The summed E-state index contributed by atoms with van der Waals surface area (Å²) in [6.45, 7) is 0.565. The molecule has 0 fully saturated rings. The number of hydrogen-bond acceptors (Lipinski definition) is 4. The number of pyridine rings is 1. The summed E-state index contributed by atoms with van der Waals surface area (Å²) in [7, 11) is 0. The van der Waals surface area contributed by atoms with Crippen LogP contribution in [0.5, 0.6) is 0 Å². The Bertz CT molecular complexity index is 555. The van der Waals surface area contributed by atoms with Gasteiger partial charge in [-0.15, -0.1) is 0 Å². The van der Waals surface area contributed by atoms with Gasteiger partial charge in [0, 0.05) is 18.9 Å². The number of aromatic carboxylic acids is 1. The van der Waals surface area contributed by atoms with Crippen LogP contribution >= 0.6 is 0 Å². The Balaban J connectivity index is 2.14. The van der Waals surface area contributed by atoms with Crippen molar-refractivity contribution in [2.75, 3.05) is 11.1 Å². The lowest BCUT2D eigenvalue weighted by molar-refractivity contribution is 0.0697. The SMILES string of the molecule is Nc1ccc(C(=O)O)cc1NCc1ccncc1. The number of nitrogen functional groups attached to an aromatic ring is 1. The number of rotatable bonds is 4. The van der Waals surface area contributed by atoms with Gasteiger partial charge in [-0.2, -0.15) is 0 Å². The Morgan fingerprint density at radius 2 is 2.00 bits per heavy atom. The van der Waals surface area contributed by atoms with Crippen LogP contribution in [-0.4, -0.2) is 16.1 Å². The minimum atomic E-state index is -0.970. The van der Waals surface area contributed by atoms with Gasteiger partial charge >= 0.3 is 5.97 Å². The van der Waals surface area contributed by atoms with Gasteiger partial charge in [0.2, 0.25) is 0 Å². The predicted octanol–water partition coefficient (Wildman–Crippen LogP) is 1.97. The number of anilines is 2. The van der Waals surface area contributed by atoms with E-state index in [1.807, 2.05) is 12.1 Å². The van der Waals surface area contributed by atoms with Gasteiger partial charge in [0.1, 0.15) is 0 Å². The normalized spacial score (nSPS) is 10.0. The van der Waals surface area contributed by atoms with Crippen LogP contribution in [0.3, 0.4) is 0 Å². The van der Waals surface area contributed by atoms with Crippen molar-refractivity contribution < 1.29 is 9.90 Å². The molecule has 18 heavy (non-hydrogen) atoms. The zero-order chi connectivity index (χ0) is 13.0. The number of aromatic nitrogens is 1. The highest BCUT2D eigenvalue weighted by atomic mass is 16.4. The van der Waals surface area contributed by atoms with E-state index >= 15 is 0 Å². The highest BCUT2D eigenvalue weighted by molar-refractivity contribution is 5.90. The number of carbonyl (C=O) groups is 1. The van der Waals surface area contributed by atoms with Crippen molar-refractivity contribution in [1.29, 1.82) is 0 Å². The number of nitrogens with two attached hydrogens (primary N) is 1. The smallest absolute Gasteiger partial charge is 0.335 e. The maximum Gasteiger partial charge on any atom is 0.335 e. The Morgan fingerprint density at radius 1 is 1.28 bits per heavy atom. The summed E-state index contributed by atoms with van der Waals surface area (Å²) in [5, 5.41) is 12.0. The molecule has 1 heterocycles. The van der Waals surface area contributed by atoms with Gasteiger partial charge in [0.25, 0.3) is 0 Å². The summed E-state index contributed by atoms with van der Waals surface area (Å²) in [5.41, 5.74) is 8.18. The van der Waals surface area contributed by atoms with E-state index in [0.29, 0.717) is 17.9 Å². The first-order chi connectivity index (χ1) is 8.66. The number of nitrogens with one attached hydrogen (secondary N) is 1. The number of carboxylic acids is 1. The van der Waals surface area contributed by atoms with Gasteiger partial charge in [0.15, 0.2) is 0 Å². The van der Waals surface area contributed by atoms with Crippen LogP contribution in [-0.2, 0) is 6.54 Å². The standard InChI is InChI=1S/C13H13N3O2/c14-11-2-1-10(13(17)18)7-12(11)16-8-9-3-5-15-6-4-9/h1-7,16H,8,14H2,(H,17,18). The second-order valence-electron chi connectivity index (χ2n) is 3.82. The fourth-order valence-electron chi connectivity index (χ4n) is 1.54. The fraction of sp³-hybridized carbons (Fsp3) is 0.0769. The molecule has 1 aromatic carbocycles. The third-order valence-electron chi connectivity index (χ3n) is 2.53. The minimum Gasteiger partial charge on any atom is -0.478 e. The number of carboxylic acid groups (broad SMARTS) is 1. The number of benzene rings is 1. The molecule has 0 aliphatic heterocycles. The molecule has 2 rings (SSSR count). The Labute approximate surface area is 104 Å². The van der Waals surface area contributed by atoms with Crippen LogP contribution in [0.4, 0.5) is 11.4 Å². The largest absolute Gasteiger partial charge is 0.478 e. The van der Waals surface area contributed by atoms with Crippen molar-refractivity contribution in [3.05, 3.63) is 53.9 Å². The maximum atomic E-state index is 10.9. The minimum absolute atomic E-state index is 0.210. The molecule has 0 radical (unpaired) electrons. The van der Waals surface area contributed by atoms with E-state index in [1.54, 1.807) is 18.5 Å². The first-order valence-corrected chi connectivity index (χ1v) is 5.42. The summed E-state index contributed by atoms with van der Waals surface area (Å²) in [6.07, 6.45) is 3.40. The van der Waals surface area contributed by atoms with Gasteiger partial charge in [-0.1, -0.05) is 0 Å². The molecule has 2 aromatic rings. The molecule has 92 valence electrons. The van der Waals surface area contributed by atoms with Gasteiger partial charge in [-0.25, -0.2) is 4.79 Å².